The zero-order valence-corrected chi connectivity index (χ0v) is 18.6. The quantitative estimate of drug-likeness (QED) is 0.603. The number of fused-ring (bicyclic) bond motifs is 1. The average Bonchev–Trinajstić information content (AvgIpc) is 2.76. The van der Waals surface area contributed by atoms with Crippen molar-refractivity contribution in [3.63, 3.8) is 0 Å². The van der Waals surface area contributed by atoms with E-state index in [4.69, 9.17) is 32.7 Å². The molecule has 30 heavy (non-hydrogen) atoms. The van der Waals surface area contributed by atoms with Crippen LogP contribution in [0, 0.1) is 0 Å². The number of methoxy groups -OCH3 is 2. The molecular weight excluding hydrogens is 429 g/mol. The highest BCUT2D eigenvalue weighted by atomic mass is 35.5. The Bertz CT molecular complexity index is 1020. The van der Waals surface area contributed by atoms with Gasteiger partial charge in [-0.3, -0.25) is 9.80 Å². The van der Waals surface area contributed by atoms with Gasteiger partial charge in [-0.2, -0.15) is 4.98 Å². The van der Waals surface area contributed by atoms with E-state index in [-0.39, 0.29) is 22.6 Å². The molecule has 2 aromatic rings. The van der Waals surface area contributed by atoms with Gasteiger partial charge in [-0.1, -0.05) is 36.4 Å². The molecule has 1 aromatic carbocycles. The smallest absolute Gasteiger partial charge is 0.330 e. The van der Waals surface area contributed by atoms with Crippen molar-refractivity contribution in [2.75, 3.05) is 43.0 Å². The fourth-order valence-corrected chi connectivity index (χ4v) is 3.72. The van der Waals surface area contributed by atoms with Crippen molar-refractivity contribution in [2.24, 2.45) is 0 Å². The topological polar surface area (TPSA) is 71.0 Å². The zero-order chi connectivity index (χ0) is 22.2. The number of rotatable bonds is 6. The first kappa shape index (κ1) is 21.7. The van der Waals surface area contributed by atoms with Gasteiger partial charge in [0.2, 0.25) is 5.95 Å². The monoisotopic (exact) mass is 449 g/mol. The van der Waals surface area contributed by atoms with Crippen molar-refractivity contribution in [3.05, 3.63) is 52.8 Å². The molecule has 0 saturated carbocycles. The van der Waals surface area contributed by atoms with Gasteiger partial charge < -0.3 is 14.4 Å². The Kier molecular flexibility index (Phi) is 6.09. The second-order valence-corrected chi connectivity index (χ2v) is 7.21. The maximum atomic E-state index is 13.2. The van der Waals surface area contributed by atoms with E-state index >= 15 is 0 Å². The average molecular weight is 450 g/mol. The lowest BCUT2D eigenvalue weighted by Crippen LogP contribution is -2.46. The molecule has 1 aromatic heterocycles. The third kappa shape index (κ3) is 3.53. The largest absolute Gasteiger partial charge is 0.495 e. The zero-order valence-electron chi connectivity index (χ0n) is 17.1. The molecule has 3 rings (SSSR count). The van der Waals surface area contributed by atoms with Gasteiger partial charge in [-0.25, -0.2) is 9.78 Å². The summed E-state index contributed by atoms with van der Waals surface area (Å²) >= 11 is 13.0. The van der Waals surface area contributed by atoms with Crippen molar-refractivity contribution in [2.45, 2.75) is 6.54 Å². The number of hydrogen-bond donors (Lipinski definition) is 0. The molecule has 10 heteroatoms. The van der Waals surface area contributed by atoms with Crippen molar-refractivity contribution in [1.29, 1.82) is 0 Å². The molecule has 2 heterocycles. The van der Waals surface area contributed by atoms with Crippen LogP contribution in [0.25, 0.3) is 0 Å². The van der Waals surface area contributed by atoms with Crippen LogP contribution < -0.4 is 24.2 Å². The number of anilines is 3. The Balaban J connectivity index is 2.09. The van der Waals surface area contributed by atoms with Gasteiger partial charge in [0.1, 0.15) is 27.4 Å². The van der Waals surface area contributed by atoms with Crippen LogP contribution in [0.5, 0.6) is 11.5 Å². The van der Waals surface area contributed by atoms with E-state index in [1.165, 1.54) is 24.0 Å². The van der Waals surface area contributed by atoms with E-state index in [1.54, 1.807) is 37.3 Å². The second kappa shape index (κ2) is 8.41. The number of amides is 2. The fourth-order valence-electron chi connectivity index (χ4n) is 3.01. The molecular formula is C20H21Cl2N5O3. The van der Waals surface area contributed by atoms with Gasteiger partial charge in [0.25, 0.3) is 0 Å². The number of carbonyl (C=O) groups excluding carboxylic acids is 1. The van der Waals surface area contributed by atoms with Gasteiger partial charge >= 0.3 is 6.03 Å². The van der Waals surface area contributed by atoms with Crippen LogP contribution in [0.1, 0.15) is 5.56 Å². The number of likely N-dealkylation sites (N-methyl/N-ethyl adjacent to an activating group) is 1. The number of nitrogens with zero attached hydrogens (tertiary/aromatic N) is 5. The third-order valence-corrected chi connectivity index (χ3v) is 5.51. The summed E-state index contributed by atoms with van der Waals surface area (Å²) in [6.07, 6.45) is 3.25. The van der Waals surface area contributed by atoms with Crippen LogP contribution in [-0.4, -0.2) is 44.3 Å². The summed E-state index contributed by atoms with van der Waals surface area (Å²) in [5, 5.41) is 0.404. The van der Waals surface area contributed by atoms with Gasteiger partial charge in [0.15, 0.2) is 0 Å². The molecule has 0 atom stereocenters. The predicted octanol–water partition coefficient (Wildman–Crippen LogP) is 4.51. The molecule has 2 amide bonds. The van der Waals surface area contributed by atoms with Gasteiger partial charge in [-0.15, -0.1) is 0 Å². The number of aromatic nitrogens is 2. The highest BCUT2D eigenvalue weighted by Crippen LogP contribution is 2.47. The number of halogens is 2. The van der Waals surface area contributed by atoms with Crippen LogP contribution in [0.4, 0.5) is 22.2 Å². The van der Waals surface area contributed by atoms with E-state index in [2.05, 4.69) is 23.1 Å². The molecule has 0 unspecified atom stereocenters. The van der Waals surface area contributed by atoms with Gasteiger partial charge in [-0.05, 0) is 6.08 Å². The molecule has 0 N–H and O–H groups in total. The van der Waals surface area contributed by atoms with E-state index in [1.807, 2.05) is 0 Å². The molecule has 8 nitrogen and oxygen atoms in total. The number of allylic oxidation sites excluding steroid dienone is 1. The number of urea groups is 1. The van der Waals surface area contributed by atoms with Crippen molar-refractivity contribution in [3.8, 4) is 11.5 Å². The normalized spacial score (nSPS) is 13.1. The predicted molar refractivity (Wildman–Crippen MR) is 119 cm³/mol. The van der Waals surface area contributed by atoms with Gasteiger partial charge in [0, 0.05) is 37.6 Å². The molecule has 0 aliphatic carbocycles. The number of benzene rings is 1. The first-order chi connectivity index (χ1) is 14.2. The van der Waals surface area contributed by atoms with Crippen molar-refractivity contribution in [1.82, 2.24) is 9.97 Å². The molecule has 1 aliphatic rings. The number of ether oxygens (including phenoxy) is 2. The van der Waals surface area contributed by atoms with Crippen molar-refractivity contribution >= 4 is 46.7 Å². The van der Waals surface area contributed by atoms with Crippen LogP contribution in [0.2, 0.25) is 10.0 Å². The minimum Gasteiger partial charge on any atom is -0.495 e. The van der Waals surface area contributed by atoms with Crippen LogP contribution >= 0.6 is 23.2 Å². The molecule has 0 spiro atoms. The van der Waals surface area contributed by atoms with Crippen LogP contribution in [0.15, 0.2) is 37.2 Å². The molecule has 0 saturated heterocycles. The Morgan fingerprint density at radius 3 is 2.40 bits per heavy atom. The second-order valence-electron chi connectivity index (χ2n) is 6.46. The fraction of sp³-hybridized carbons (Fsp3) is 0.250. The first-order valence-electron chi connectivity index (χ1n) is 8.81. The summed E-state index contributed by atoms with van der Waals surface area (Å²) in [6, 6.07) is 1.20. The maximum Gasteiger partial charge on any atom is 0.330 e. The Morgan fingerprint density at radius 2 is 1.87 bits per heavy atom. The number of carbonyl (C=O) groups is 1. The summed E-state index contributed by atoms with van der Waals surface area (Å²) in [5.41, 5.74) is 1.63. The van der Waals surface area contributed by atoms with E-state index in [9.17, 15) is 4.79 Å². The Labute approximate surface area is 184 Å². The van der Waals surface area contributed by atoms with Gasteiger partial charge in [0.05, 0.1) is 26.5 Å². The summed E-state index contributed by atoms with van der Waals surface area (Å²) in [7, 11) is 6.33. The van der Waals surface area contributed by atoms with Crippen molar-refractivity contribution < 1.29 is 14.3 Å². The molecule has 0 fully saturated rings. The Hall–Kier alpha value is -2.97. The Morgan fingerprint density at radius 1 is 1.27 bits per heavy atom. The van der Waals surface area contributed by atoms with E-state index in [0.717, 1.165) is 0 Å². The van der Waals surface area contributed by atoms with Crippen LogP contribution in [-0.2, 0) is 6.54 Å². The summed E-state index contributed by atoms with van der Waals surface area (Å²) < 4.78 is 10.6. The summed E-state index contributed by atoms with van der Waals surface area (Å²) in [5.74, 6) is 1.55. The highest BCUT2D eigenvalue weighted by molar-refractivity contribution is 6.42. The molecule has 1 aliphatic heterocycles. The highest BCUT2D eigenvalue weighted by Gasteiger charge is 2.35. The maximum absolute atomic E-state index is 13.2. The molecule has 0 radical (unpaired) electrons. The SMILES string of the molecule is C=CC(=C)N(C)c1ncc2c(n1)N(C)C(=O)N(c1c(Cl)c(OC)cc(OC)c1Cl)C2. The van der Waals surface area contributed by atoms with Crippen LogP contribution in [0.3, 0.4) is 0 Å². The third-order valence-electron chi connectivity index (χ3n) is 4.78. The summed E-state index contributed by atoms with van der Waals surface area (Å²) in [6.45, 7) is 7.75. The lowest BCUT2D eigenvalue weighted by molar-refractivity contribution is 0.251. The first-order valence-corrected chi connectivity index (χ1v) is 9.56. The number of hydrogen-bond acceptors (Lipinski definition) is 6. The molecule has 0 bridgehead atoms. The minimum absolute atomic E-state index is 0.167. The summed E-state index contributed by atoms with van der Waals surface area (Å²) in [4.78, 5) is 26.6. The van der Waals surface area contributed by atoms with E-state index < -0.39 is 0 Å². The van der Waals surface area contributed by atoms with E-state index in [0.29, 0.717) is 40.2 Å². The minimum atomic E-state index is -0.364. The standard InChI is InChI=1S/C20H21Cl2N5O3/c1-7-11(2)25(3)19-23-9-12-10-27(20(28)26(4)18(12)24-19)17-15(21)13(29-5)8-14(30-6)16(17)22/h7-9H,1-2,10H2,3-6H3. The molecule has 158 valence electrons. The lowest BCUT2D eigenvalue weighted by atomic mass is 10.2. The lowest BCUT2D eigenvalue weighted by Gasteiger charge is -2.35.